The van der Waals surface area contributed by atoms with Gasteiger partial charge in [0.1, 0.15) is 5.75 Å². The number of carbonyl (C=O) groups excluding carboxylic acids is 1. The minimum Gasteiger partial charge on any atom is -0.495 e. The number of anilines is 1. The number of benzene rings is 2. The fourth-order valence-corrected chi connectivity index (χ4v) is 4.33. The molecule has 0 aliphatic carbocycles. The molecule has 0 radical (unpaired) electrons. The Kier molecular flexibility index (Phi) is 8.55. The maximum atomic E-state index is 12.3. The van der Waals surface area contributed by atoms with E-state index in [2.05, 4.69) is 24.4 Å². The van der Waals surface area contributed by atoms with Crippen LogP contribution in [0.25, 0.3) is 0 Å². The van der Waals surface area contributed by atoms with Gasteiger partial charge in [0, 0.05) is 13.0 Å². The van der Waals surface area contributed by atoms with Crippen LogP contribution in [-0.2, 0) is 21.2 Å². The number of methoxy groups -OCH3 is 1. The number of nitrogens with one attached hydrogen (secondary N) is 1. The van der Waals surface area contributed by atoms with Gasteiger partial charge < -0.3 is 10.1 Å². The summed E-state index contributed by atoms with van der Waals surface area (Å²) in [6.07, 6.45) is 2.70. The highest BCUT2D eigenvalue weighted by Crippen LogP contribution is 2.30. The van der Waals surface area contributed by atoms with Gasteiger partial charge in [-0.15, -0.1) is 0 Å². The third kappa shape index (κ3) is 6.64. The molecule has 0 heterocycles. The average molecular weight is 453 g/mol. The summed E-state index contributed by atoms with van der Waals surface area (Å²) in [6, 6.07) is 12.8. The van der Waals surface area contributed by atoms with Crippen LogP contribution in [0.3, 0.4) is 0 Å². The number of sulfonamides is 1. The number of aryl methyl sites for hydroxylation is 1. The van der Waals surface area contributed by atoms with E-state index in [0.29, 0.717) is 22.9 Å². The monoisotopic (exact) mass is 452 g/mol. The normalized spacial score (nSPS) is 12.3. The van der Waals surface area contributed by atoms with Gasteiger partial charge in [-0.2, -0.15) is 0 Å². The average Bonchev–Trinajstić information content (AvgIpc) is 2.70. The van der Waals surface area contributed by atoms with Gasteiger partial charge in [0.15, 0.2) is 0 Å². The van der Waals surface area contributed by atoms with Crippen molar-refractivity contribution in [3.8, 4) is 5.75 Å². The molecular formula is C22H29ClN2O4S. The van der Waals surface area contributed by atoms with Gasteiger partial charge in [0.2, 0.25) is 15.9 Å². The molecule has 0 aliphatic heterocycles. The Balaban J connectivity index is 1.96. The van der Waals surface area contributed by atoms with Crippen molar-refractivity contribution < 1.29 is 17.9 Å². The predicted molar refractivity (Wildman–Crippen MR) is 122 cm³/mol. The van der Waals surface area contributed by atoms with Gasteiger partial charge >= 0.3 is 0 Å². The maximum absolute atomic E-state index is 12.3. The second kappa shape index (κ2) is 10.7. The number of rotatable bonds is 10. The summed E-state index contributed by atoms with van der Waals surface area (Å²) in [6.45, 7) is 4.20. The number of hydrogen-bond donors (Lipinski definition) is 1. The lowest BCUT2D eigenvalue weighted by Gasteiger charge is -2.23. The van der Waals surface area contributed by atoms with Gasteiger partial charge in [0.05, 0.1) is 30.1 Å². The molecule has 0 aromatic heterocycles. The third-order valence-corrected chi connectivity index (χ3v) is 6.34. The molecule has 2 aromatic rings. The van der Waals surface area contributed by atoms with E-state index in [1.54, 1.807) is 18.2 Å². The SMILES string of the molecule is CCc1ccc([C@H](C)NC(=O)CCCN(c2ccc(OC)c(Cl)c2)S(C)(=O)=O)cc1. The second-order valence-electron chi connectivity index (χ2n) is 7.14. The summed E-state index contributed by atoms with van der Waals surface area (Å²) in [5.41, 5.74) is 2.72. The van der Waals surface area contributed by atoms with E-state index in [0.717, 1.165) is 18.2 Å². The molecule has 1 N–H and O–H groups in total. The van der Waals surface area contributed by atoms with E-state index >= 15 is 0 Å². The van der Waals surface area contributed by atoms with Crippen LogP contribution in [0.1, 0.15) is 43.9 Å². The van der Waals surface area contributed by atoms with Crippen LogP contribution in [0.2, 0.25) is 5.02 Å². The summed E-state index contributed by atoms with van der Waals surface area (Å²) >= 11 is 6.13. The zero-order valence-electron chi connectivity index (χ0n) is 17.8. The molecule has 0 saturated carbocycles. The van der Waals surface area contributed by atoms with Crippen molar-refractivity contribution >= 4 is 33.2 Å². The maximum Gasteiger partial charge on any atom is 0.232 e. The Hall–Kier alpha value is -2.25. The first-order valence-electron chi connectivity index (χ1n) is 9.85. The highest BCUT2D eigenvalue weighted by Gasteiger charge is 2.19. The molecule has 1 amide bonds. The minimum atomic E-state index is -3.52. The first-order chi connectivity index (χ1) is 14.2. The van der Waals surface area contributed by atoms with E-state index in [4.69, 9.17) is 16.3 Å². The quantitative estimate of drug-likeness (QED) is 0.582. The zero-order chi connectivity index (χ0) is 22.3. The van der Waals surface area contributed by atoms with Gasteiger partial charge in [0.25, 0.3) is 0 Å². The van der Waals surface area contributed by atoms with E-state index in [-0.39, 0.29) is 24.9 Å². The fourth-order valence-electron chi connectivity index (χ4n) is 3.12. The zero-order valence-corrected chi connectivity index (χ0v) is 19.4. The second-order valence-corrected chi connectivity index (χ2v) is 9.46. The topological polar surface area (TPSA) is 75.7 Å². The van der Waals surface area contributed by atoms with Crippen LogP contribution in [0.4, 0.5) is 5.69 Å². The van der Waals surface area contributed by atoms with Crippen molar-refractivity contribution in [2.24, 2.45) is 0 Å². The van der Waals surface area contributed by atoms with Gasteiger partial charge in [-0.05, 0) is 49.1 Å². The van der Waals surface area contributed by atoms with Crippen LogP contribution in [-0.4, -0.2) is 34.2 Å². The van der Waals surface area contributed by atoms with Crippen molar-refractivity contribution in [3.63, 3.8) is 0 Å². The summed E-state index contributed by atoms with van der Waals surface area (Å²) < 4.78 is 30.8. The molecule has 0 fully saturated rings. The molecule has 6 nitrogen and oxygen atoms in total. The molecule has 1 atom stereocenters. The number of nitrogens with zero attached hydrogens (tertiary/aromatic N) is 1. The Morgan fingerprint density at radius 3 is 2.40 bits per heavy atom. The van der Waals surface area contributed by atoms with E-state index in [1.807, 2.05) is 19.1 Å². The molecule has 0 saturated heterocycles. The number of amides is 1. The standard InChI is InChI=1S/C22H29ClN2O4S/c1-5-17-8-10-18(11-9-17)16(2)24-22(26)7-6-14-25(30(4,27)28)19-12-13-21(29-3)20(23)15-19/h8-13,15-16H,5-7,14H2,1-4H3,(H,24,26)/t16-/m0/s1. The highest BCUT2D eigenvalue weighted by molar-refractivity contribution is 7.92. The van der Waals surface area contributed by atoms with Gasteiger partial charge in [-0.25, -0.2) is 8.42 Å². The molecule has 2 aromatic carbocycles. The Labute approximate surface area is 184 Å². The van der Waals surface area contributed by atoms with Crippen molar-refractivity contribution in [2.45, 2.75) is 39.2 Å². The lowest BCUT2D eigenvalue weighted by atomic mass is 10.0. The molecular weight excluding hydrogens is 424 g/mol. The number of carbonyl (C=O) groups is 1. The molecule has 8 heteroatoms. The summed E-state index contributed by atoms with van der Waals surface area (Å²) in [5, 5.41) is 3.29. The van der Waals surface area contributed by atoms with Crippen LogP contribution < -0.4 is 14.4 Å². The van der Waals surface area contributed by atoms with E-state index < -0.39 is 10.0 Å². The molecule has 2 rings (SSSR count). The van der Waals surface area contributed by atoms with Crippen LogP contribution in [0.15, 0.2) is 42.5 Å². The summed E-state index contributed by atoms with van der Waals surface area (Å²) in [5.74, 6) is 0.345. The fraction of sp³-hybridized carbons (Fsp3) is 0.409. The Bertz CT molecular complexity index is 962. The first kappa shape index (κ1) is 24.0. The van der Waals surface area contributed by atoms with E-state index in [1.165, 1.54) is 17.0 Å². The van der Waals surface area contributed by atoms with Gasteiger partial charge in [-0.3, -0.25) is 9.10 Å². The van der Waals surface area contributed by atoms with Crippen LogP contribution in [0, 0.1) is 0 Å². The molecule has 0 aliphatic rings. The summed E-state index contributed by atoms with van der Waals surface area (Å²) in [4.78, 5) is 12.3. The van der Waals surface area contributed by atoms with Crippen molar-refractivity contribution in [1.29, 1.82) is 0 Å². The largest absolute Gasteiger partial charge is 0.495 e. The highest BCUT2D eigenvalue weighted by atomic mass is 35.5. The molecule has 0 spiro atoms. The third-order valence-electron chi connectivity index (χ3n) is 4.85. The van der Waals surface area contributed by atoms with Crippen LogP contribution in [0.5, 0.6) is 5.75 Å². The van der Waals surface area contributed by atoms with Crippen molar-refractivity contribution in [2.75, 3.05) is 24.2 Å². The van der Waals surface area contributed by atoms with Crippen LogP contribution >= 0.6 is 11.6 Å². The molecule has 30 heavy (non-hydrogen) atoms. The predicted octanol–water partition coefficient (Wildman–Crippen LogP) is 4.33. The molecule has 0 bridgehead atoms. The Morgan fingerprint density at radius 1 is 1.20 bits per heavy atom. The number of halogens is 1. The van der Waals surface area contributed by atoms with Crippen molar-refractivity contribution in [1.82, 2.24) is 5.32 Å². The lowest BCUT2D eigenvalue weighted by molar-refractivity contribution is -0.121. The Morgan fingerprint density at radius 2 is 1.87 bits per heavy atom. The van der Waals surface area contributed by atoms with Gasteiger partial charge in [-0.1, -0.05) is 42.8 Å². The lowest BCUT2D eigenvalue weighted by Crippen LogP contribution is -2.32. The van der Waals surface area contributed by atoms with Crippen molar-refractivity contribution in [3.05, 3.63) is 58.6 Å². The molecule has 164 valence electrons. The number of ether oxygens (including phenoxy) is 1. The minimum absolute atomic E-state index is 0.116. The van der Waals surface area contributed by atoms with E-state index in [9.17, 15) is 13.2 Å². The smallest absolute Gasteiger partial charge is 0.232 e. The summed E-state index contributed by atoms with van der Waals surface area (Å²) in [7, 11) is -2.03. The first-order valence-corrected chi connectivity index (χ1v) is 12.1. The molecule has 0 unspecified atom stereocenters. The number of hydrogen-bond acceptors (Lipinski definition) is 4.